The van der Waals surface area contributed by atoms with Crippen LogP contribution in [0.1, 0.15) is 6.92 Å². The van der Waals surface area contributed by atoms with Crippen LogP contribution in [0.2, 0.25) is 6.32 Å². The average Bonchev–Trinajstić information content (AvgIpc) is 2.01. The second kappa shape index (κ2) is 5.74. The predicted octanol–water partition coefficient (Wildman–Crippen LogP) is -0.575. The van der Waals surface area contributed by atoms with E-state index in [-0.39, 0.29) is 24.8 Å². The summed E-state index contributed by atoms with van der Waals surface area (Å²) in [6.45, 7) is 0.829. The Morgan fingerprint density at radius 3 is 2.42 bits per heavy atom. The van der Waals surface area contributed by atoms with E-state index in [0.29, 0.717) is 6.32 Å². The zero-order chi connectivity index (χ0) is 9.56. The molecule has 0 unspecified atom stereocenters. The van der Waals surface area contributed by atoms with Gasteiger partial charge in [0.15, 0.2) is 0 Å². The maximum absolute atomic E-state index is 11.9. The number of Topliss-reactive ketones (excluding diaryl/α,β-unsaturated/α-hetero) is 1. The molecule has 0 aliphatic rings. The van der Waals surface area contributed by atoms with Crippen molar-refractivity contribution in [3.8, 4) is 0 Å². The van der Waals surface area contributed by atoms with Crippen molar-refractivity contribution >= 4 is 19.5 Å². The second-order valence-electron chi connectivity index (χ2n) is 2.56. The van der Waals surface area contributed by atoms with E-state index >= 15 is 0 Å². The topological polar surface area (TPSA) is 37.4 Å². The normalized spacial score (nSPS) is 9.50. The van der Waals surface area contributed by atoms with Gasteiger partial charge in [-0.15, -0.1) is 0 Å². The molecule has 0 aromatic carbocycles. The monoisotopic (exact) mass is 173 g/mol. The van der Waals surface area contributed by atoms with Crippen molar-refractivity contribution in [2.45, 2.75) is 13.2 Å². The lowest BCUT2D eigenvalue weighted by Crippen LogP contribution is -2.36. The molecule has 0 aliphatic heterocycles. The average molecular weight is 173 g/mol. The Hall–Kier alpha value is -0.865. The summed E-state index contributed by atoms with van der Waals surface area (Å²) in [7, 11) is 1.69. The molecule has 1 amide bonds. The summed E-state index contributed by atoms with van der Waals surface area (Å²) in [4.78, 5) is 22.9. The summed E-state index contributed by atoms with van der Waals surface area (Å²) in [6, 6.07) is 0. The summed E-state index contributed by atoms with van der Waals surface area (Å²) >= 11 is 0. The quantitative estimate of drug-likeness (QED) is 0.522. The van der Waals surface area contributed by atoms with E-state index in [1.54, 1.807) is 7.85 Å². The number of hydrogen-bond donors (Lipinski definition) is 0. The lowest BCUT2D eigenvalue weighted by atomic mass is 10.0. The molecule has 0 aromatic heterocycles. The highest BCUT2D eigenvalue weighted by Crippen LogP contribution is 1.93. The van der Waals surface area contributed by atoms with Gasteiger partial charge in [0.1, 0.15) is 20.3 Å². The van der Waals surface area contributed by atoms with Crippen LogP contribution < -0.4 is 0 Å². The minimum atomic E-state index is -0.598. The molecule has 0 fully saturated rings. The number of carbonyl (C=O) groups is 2. The molecule has 0 aliphatic carbocycles. The van der Waals surface area contributed by atoms with Gasteiger partial charge < -0.3 is 4.90 Å². The van der Waals surface area contributed by atoms with Crippen LogP contribution in [0.5, 0.6) is 0 Å². The van der Waals surface area contributed by atoms with E-state index in [9.17, 15) is 14.0 Å². The lowest BCUT2D eigenvalue weighted by molar-refractivity contribution is -0.133. The molecule has 5 heteroatoms. The van der Waals surface area contributed by atoms with Crippen LogP contribution in [0.15, 0.2) is 0 Å². The minimum Gasteiger partial charge on any atom is -0.333 e. The first-order chi connectivity index (χ1) is 5.61. The number of alkyl halides is 1. The highest BCUT2D eigenvalue weighted by Gasteiger charge is 2.12. The Kier molecular flexibility index (Phi) is 5.33. The maximum atomic E-state index is 11.9. The van der Waals surface area contributed by atoms with Gasteiger partial charge in [0.25, 0.3) is 0 Å². The molecule has 0 saturated heterocycles. The van der Waals surface area contributed by atoms with Crippen LogP contribution in [0.25, 0.3) is 0 Å². The Morgan fingerprint density at radius 2 is 2.08 bits per heavy atom. The van der Waals surface area contributed by atoms with Gasteiger partial charge in [0.2, 0.25) is 5.91 Å². The molecule has 0 heterocycles. The van der Waals surface area contributed by atoms with Crippen LogP contribution in [0.3, 0.4) is 0 Å². The standard InChI is InChI=1S/C7H13BFNO2/c1-6(11)5-10(3-2-9)7(12)4-8/h2-5,8H2,1H3. The first-order valence-corrected chi connectivity index (χ1v) is 3.95. The van der Waals surface area contributed by atoms with E-state index in [0.717, 1.165) is 0 Å². The van der Waals surface area contributed by atoms with Gasteiger partial charge in [0, 0.05) is 6.54 Å². The van der Waals surface area contributed by atoms with Crippen molar-refractivity contribution in [1.29, 1.82) is 0 Å². The van der Waals surface area contributed by atoms with Gasteiger partial charge in [-0.2, -0.15) is 0 Å². The predicted molar refractivity (Wildman–Crippen MR) is 46.6 cm³/mol. The van der Waals surface area contributed by atoms with Crippen molar-refractivity contribution < 1.29 is 14.0 Å². The van der Waals surface area contributed by atoms with Gasteiger partial charge in [-0.05, 0) is 13.2 Å². The van der Waals surface area contributed by atoms with Crippen LogP contribution >= 0.6 is 0 Å². The van der Waals surface area contributed by atoms with Crippen molar-refractivity contribution in [1.82, 2.24) is 4.90 Å². The third-order valence-corrected chi connectivity index (χ3v) is 1.42. The van der Waals surface area contributed by atoms with Crippen molar-refractivity contribution in [2.24, 2.45) is 0 Å². The largest absolute Gasteiger partial charge is 0.333 e. The third kappa shape index (κ3) is 4.11. The van der Waals surface area contributed by atoms with Crippen LogP contribution in [0.4, 0.5) is 4.39 Å². The third-order valence-electron chi connectivity index (χ3n) is 1.42. The zero-order valence-electron chi connectivity index (χ0n) is 7.47. The number of carbonyl (C=O) groups excluding carboxylic acids is 2. The van der Waals surface area contributed by atoms with E-state index in [1.165, 1.54) is 11.8 Å². The van der Waals surface area contributed by atoms with Gasteiger partial charge in [0.05, 0.1) is 6.54 Å². The molecule has 0 spiro atoms. The molecule has 3 nitrogen and oxygen atoms in total. The van der Waals surface area contributed by atoms with Gasteiger partial charge in [-0.1, -0.05) is 0 Å². The number of halogens is 1. The maximum Gasteiger partial charge on any atom is 0.215 e. The summed E-state index contributed by atoms with van der Waals surface area (Å²) in [6.07, 6.45) is 0.313. The minimum absolute atomic E-state index is 0.0201. The van der Waals surface area contributed by atoms with E-state index in [4.69, 9.17) is 0 Å². The molecule has 0 bridgehead atoms. The van der Waals surface area contributed by atoms with Gasteiger partial charge in [-0.25, -0.2) is 4.39 Å². The van der Waals surface area contributed by atoms with Gasteiger partial charge in [-0.3, -0.25) is 9.59 Å². The fraction of sp³-hybridized carbons (Fsp3) is 0.714. The molecule has 0 atom stereocenters. The fourth-order valence-electron chi connectivity index (χ4n) is 0.886. The lowest BCUT2D eigenvalue weighted by Gasteiger charge is -2.18. The number of hydrogen-bond acceptors (Lipinski definition) is 2. The molecule has 68 valence electrons. The van der Waals surface area contributed by atoms with Crippen LogP contribution in [-0.2, 0) is 9.59 Å². The SMILES string of the molecule is BCC(=O)N(CCF)CC(C)=O. The number of nitrogens with zero attached hydrogens (tertiary/aromatic N) is 1. The van der Waals surface area contributed by atoms with Crippen molar-refractivity contribution in [3.05, 3.63) is 0 Å². The first kappa shape index (κ1) is 11.1. The fourth-order valence-corrected chi connectivity index (χ4v) is 0.886. The molecule has 0 N–H and O–H groups in total. The Balaban J connectivity index is 4.02. The van der Waals surface area contributed by atoms with Gasteiger partial charge >= 0.3 is 0 Å². The van der Waals surface area contributed by atoms with Crippen LogP contribution in [-0.4, -0.2) is 44.2 Å². The summed E-state index contributed by atoms with van der Waals surface area (Å²) < 4.78 is 11.9. The highest BCUT2D eigenvalue weighted by atomic mass is 19.1. The molecule has 12 heavy (non-hydrogen) atoms. The summed E-state index contributed by atoms with van der Waals surface area (Å²) in [5.41, 5.74) is 0. The summed E-state index contributed by atoms with van der Waals surface area (Å²) in [5, 5.41) is 0. The molecule has 0 saturated carbocycles. The number of amides is 1. The Morgan fingerprint density at radius 1 is 1.50 bits per heavy atom. The summed E-state index contributed by atoms with van der Waals surface area (Å²) in [5.74, 6) is -0.298. The van der Waals surface area contributed by atoms with E-state index in [2.05, 4.69) is 0 Å². The zero-order valence-corrected chi connectivity index (χ0v) is 7.47. The smallest absolute Gasteiger partial charge is 0.215 e. The van der Waals surface area contributed by atoms with E-state index in [1.807, 2.05) is 0 Å². The highest BCUT2D eigenvalue weighted by molar-refractivity contribution is 6.19. The van der Waals surface area contributed by atoms with Crippen LogP contribution in [0, 0.1) is 0 Å². The number of ketones is 1. The molecule has 0 radical (unpaired) electrons. The molecular weight excluding hydrogens is 160 g/mol. The Bertz CT molecular complexity index is 175. The van der Waals surface area contributed by atoms with E-state index < -0.39 is 6.67 Å². The Labute approximate surface area is 72.3 Å². The van der Waals surface area contributed by atoms with Crippen molar-refractivity contribution in [2.75, 3.05) is 19.8 Å². The first-order valence-electron chi connectivity index (χ1n) is 3.95. The second-order valence-corrected chi connectivity index (χ2v) is 2.56. The van der Waals surface area contributed by atoms with Crippen molar-refractivity contribution in [3.63, 3.8) is 0 Å². The molecule has 0 rings (SSSR count). The number of rotatable bonds is 5. The molecule has 0 aromatic rings. The molecular formula is C7H13BFNO2.